The summed E-state index contributed by atoms with van der Waals surface area (Å²) in [5, 5.41) is 10.3. The third-order valence-corrected chi connectivity index (χ3v) is 12.0. The first kappa shape index (κ1) is 62.4. The Balaban J connectivity index is 1.26. The molecule has 0 bridgehead atoms. The number of unbranched alkanes of at least 4 members (excludes halogenated alkanes) is 12. The Hall–Kier alpha value is -5.88. The van der Waals surface area contributed by atoms with Crippen LogP contribution in [0.15, 0.2) is 0 Å². The van der Waals surface area contributed by atoms with Gasteiger partial charge in [-0.25, -0.2) is 14.4 Å². The van der Waals surface area contributed by atoms with Gasteiger partial charge in [-0.1, -0.05) is 64.7 Å². The van der Waals surface area contributed by atoms with Crippen molar-refractivity contribution in [2.24, 2.45) is 5.41 Å². The lowest BCUT2D eigenvalue weighted by Gasteiger charge is -2.29. The Bertz CT molecular complexity index is 1640. The molecule has 0 unspecified atom stereocenters. The molecule has 74 heavy (non-hydrogen) atoms. The van der Waals surface area contributed by atoms with Crippen LogP contribution in [0.3, 0.4) is 0 Å². The molecule has 416 valence electrons. The highest BCUT2D eigenvalue weighted by molar-refractivity contribution is 6.02. The third kappa shape index (κ3) is 26.9. The normalized spacial score (nSPS) is 14.8. The maximum absolute atomic E-state index is 12.5. The Labute approximate surface area is 432 Å². The maximum Gasteiger partial charge on any atom is 0.333 e. The van der Waals surface area contributed by atoms with Crippen molar-refractivity contribution in [3.05, 3.63) is 0 Å². The zero-order valence-electron chi connectivity index (χ0n) is 43.1. The summed E-state index contributed by atoms with van der Waals surface area (Å²) in [7, 11) is 0. The number of amides is 9. The van der Waals surface area contributed by atoms with Gasteiger partial charge >= 0.3 is 17.9 Å². The van der Waals surface area contributed by atoms with Crippen LogP contribution in [0.1, 0.15) is 180 Å². The average molecular weight is 1050 g/mol. The molecule has 3 aliphatic heterocycles. The smallest absolute Gasteiger partial charge is 0.333 e. The van der Waals surface area contributed by atoms with E-state index in [2.05, 4.69) is 16.0 Å². The summed E-state index contributed by atoms with van der Waals surface area (Å²) < 4.78 is 17.7. The van der Waals surface area contributed by atoms with Crippen LogP contribution < -0.4 is 16.0 Å². The molecule has 0 aromatic rings. The topological polar surface area (TPSA) is 306 Å². The molecule has 3 heterocycles. The van der Waals surface area contributed by atoms with E-state index in [1.165, 1.54) is 0 Å². The minimum Gasteiger partial charge on any atom is -0.380 e. The van der Waals surface area contributed by atoms with E-state index in [1.807, 2.05) is 6.92 Å². The summed E-state index contributed by atoms with van der Waals surface area (Å²) in [4.78, 5) is 158. The molecule has 24 heteroatoms. The fraction of sp³-hybridized carbons (Fsp3) is 0.760. The number of rotatable bonds is 42. The monoisotopic (exact) mass is 1050 g/mol. The number of hydroxylamine groups is 6. The molecule has 0 spiro atoms. The molecule has 3 N–H and O–H groups in total. The van der Waals surface area contributed by atoms with E-state index < -0.39 is 58.8 Å². The highest BCUT2D eigenvalue weighted by Gasteiger charge is 2.35. The molecule has 24 nitrogen and oxygen atoms in total. The maximum atomic E-state index is 12.5. The molecule has 0 atom stereocenters. The molecule has 3 rings (SSSR count). The molecule has 3 fully saturated rings. The van der Waals surface area contributed by atoms with Crippen molar-refractivity contribution in [3.8, 4) is 0 Å². The van der Waals surface area contributed by atoms with Crippen LogP contribution in [0, 0.1) is 5.41 Å². The number of nitrogens with one attached hydrogen (secondary N) is 3. The second kappa shape index (κ2) is 36.1. The third-order valence-electron chi connectivity index (χ3n) is 12.0. The van der Waals surface area contributed by atoms with E-state index >= 15 is 0 Å². The Morgan fingerprint density at radius 3 is 0.851 bits per heavy atom. The highest BCUT2D eigenvalue weighted by Crippen LogP contribution is 2.20. The van der Waals surface area contributed by atoms with Gasteiger partial charge in [0.2, 0.25) is 17.7 Å². The van der Waals surface area contributed by atoms with Crippen molar-refractivity contribution < 1.29 is 86.3 Å². The van der Waals surface area contributed by atoms with Crippen molar-refractivity contribution in [1.82, 2.24) is 31.1 Å². The van der Waals surface area contributed by atoms with E-state index in [0.29, 0.717) is 54.1 Å². The van der Waals surface area contributed by atoms with Crippen molar-refractivity contribution in [2.45, 2.75) is 180 Å². The number of nitrogens with zero attached hydrogens (tertiary/aromatic N) is 3. The van der Waals surface area contributed by atoms with Crippen LogP contribution in [0.5, 0.6) is 0 Å². The summed E-state index contributed by atoms with van der Waals surface area (Å²) in [6.45, 7) is 4.27. The van der Waals surface area contributed by atoms with E-state index in [4.69, 9.17) is 28.7 Å². The van der Waals surface area contributed by atoms with E-state index in [-0.39, 0.29) is 134 Å². The first-order valence-corrected chi connectivity index (χ1v) is 26.3. The number of carbonyl (C=O) groups excluding carboxylic acids is 12. The van der Waals surface area contributed by atoms with Crippen LogP contribution in [0.4, 0.5) is 0 Å². The molecule has 0 aromatic carbocycles. The second-order valence-electron chi connectivity index (χ2n) is 19.0. The average Bonchev–Trinajstić information content (AvgIpc) is 3.98. The Morgan fingerprint density at radius 2 is 0.595 bits per heavy atom. The van der Waals surface area contributed by atoms with Crippen molar-refractivity contribution in [3.63, 3.8) is 0 Å². The van der Waals surface area contributed by atoms with Gasteiger partial charge in [-0.15, -0.1) is 15.2 Å². The number of imide groups is 3. The Kier molecular flexibility index (Phi) is 30.5. The van der Waals surface area contributed by atoms with E-state index in [0.717, 1.165) is 77.0 Å². The highest BCUT2D eigenvalue weighted by atomic mass is 16.7. The molecule has 0 aromatic heterocycles. The predicted octanol–water partition coefficient (Wildman–Crippen LogP) is 3.40. The Morgan fingerprint density at radius 1 is 0.365 bits per heavy atom. The molecule has 9 amide bonds. The summed E-state index contributed by atoms with van der Waals surface area (Å²) in [6.07, 6.45) is 12.1. The summed E-state index contributed by atoms with van der Waals surface area (Å²) in [5.74, 6) is -5.43. The number of hydrogen-bond acceptors (Lipinski definition) is 18. The van der Waals surface area contributed by atoms with Gasteiger partial charge in [-0.2, -0.15) is 0 Å². The second-order valence-corrected chi connectivity index (χ2v) is 19.0. The molecule has 0 radical (unpaired) electrons. The fourth-order valence-electron chi connectivity index (χ4n) is 7.71. The van der Waals surface area contributed by atoms with E-state index in [9.17, 15) is 57.5 Å². The quantitative estimate of drug-likeness (QED) is 0.0583. The molecular formula is C50H78N6O18. The minimum absolute atomic E-state index is 0.0451. The standard InChI is InChI=1S/C50H78N6O18/c1-50(35-69-32-26-38(57)51-29-14-8-2-5-11-17-47(66)72-54-41(60)20-21-42(54)61,36-70-33-27-39(58)52-30-15-9-3-6-12-18-48(67)73-55-43(62)22-23-44(55)63)37-71-34-28-40(59)53-31-16-10-4-7-13-19-49(68)74-56-45(64)24-25-46(56)65/h2-37H2,1H3,(H,51,57)(H,52,58)(H,53,59). The van der Waals surface area contributed by atoms with Crippen LogP contribution >= 0.6 is 0 Å². The van der Waals surface area contributed by atoms with Crippen LogP contribution in [-0.4, -0.2) is 146 Å². The van der Waals surface area contributed by atoms with Gasteiger partial charge in [0.15, 0.2) is 0 Å². The number of ether oxygens (including phenoxy) is 3. The molecule has 3 saturated heterocycles. The summed E-state index contributed by atoms with van der Waals surface area (Å²) >= 11 is 0. The lowest BCUT2D eigenvalue weighted by Crippen LogP contribution is -2.36. The predicted molar refractivity (Wildman–Crippen MR) is 258 cm³/mol. The first-order chi connectivity index (χ1) is 35.6. The van der Waals surface area contributed by atoms with Crippen molar-refractivity contribution >= 4 is 71.1 Å². The number of hydrogen-bond donors (Lipinski definition) is 3. The van der Waals surface area contributed by atoms with Gasteiger partial charge < -0.3 is 44.7 Å². The fourth-order valence-corrected chi connectivity index (χ4v) is 7.71. The molecule has 0 saturated carbocycles. The molecule has 3 aliphatic rings. The zero-order valence-corrected chi connectivity index (χ0v) is 43.1. The lowest BCUT2D eigenvalue weighted by molar-refractivity contribution is -0.197. The largest absolute Gasteiger partial charge is 0.380 e. The summed E-state index contributed by atoms with van der Waals surface area (Å²) in [6, 6.07) is 0. The van der Waals surface area contributed by atoms with Gasteiger partial charge in [0, 0.05) is 102 Å². The minimum atomic E-state index is -0.678. The van der Waals surface area contributed by atoms with Crippen LogP contribution in [0.2, 0.25) is 0 Å². The molecule has 0 aliphatic carbocycles. The first-order valence-electron chi connectivity index (χ1n) is 26.3. The van der Waals surface area contributed by atoms with Gasteiger partial charge in [0.05, 0.1) is 39.6 Å². The van der Waals surface area contributed by atoms with Crippen LogP contribution in [0.25, 0.3) is 0 Å². The SMILES string of the molecule is CC(COCCC(=O)NCCCCCCCC(=O)ON1C(=O)CCC1=O)(COCCC(=O)NCCCCCCCC(=O)ON1C(=O)CCC1=O)COCCC(=O)NCCCCCCCC(=O)ON1C(=O)CCC1=O. The van der Waals surface area contributed by atoms with Gasteiger partial charge in [0.25, 0.3) is 35.4 Å². The van der Waals surface area contributed by atoms with Crippen molar-refractivity contribution in [2.75, 3.05) is 59.3 Å². The van der Waals surface area contributed by atoms with Gasteiger partial charge in [-0.05, 0) is 38.5 Å². The van der Waals surface area contributed by atoms with E-state index in [1.54, 1.807) is 0 Å². The summed E-state index contributed by atoms with van der Waals surface area (Å²) in [5.41, 5.74) is -0.678. The van der Waals surface area contributed by atoms with Crippen LogP contribution in [-0.2, 0) is 86.3 Å². The zero-order chi connectivity index (χ0) is 54.0. The number of carbonyl (C=O) groups is 12. The lowest BCUT2D eigenvalue weighted by atomic mass is 9.94. The van der Waals surface area contributed by atoms with Crippen molar-refractivity contribution in [1.29, 1.82) is 0 Å². The van der Waals surface area contributed by atoms with Gasteiger partial charge in [-0.3, -0.25) is 43.2 Å². The molecular weight excluding hydrogens is 973 g/mol. The van der Waals surface area contributed by atoms with Gasteiger partial charge in [0.1, 0.15) is 0 Å².